The van der Waals surface area contributed by atoms with Crippen LogP contribution in [0.25, 0.3) is 11.3 Å². The van der Waals surface area contributed by atoms with Crippen molar-refractivity contribution in [1.82, 2.24) is 25.1 Å². The van der Waals surface area contributed by atoms with Crippen LogP contribution in [0, 0.1) is 5.92 Å². The van der Waals surface area contributed by atoms with Gasteiger partial charge in [0.15, 0.2) is 0 Å². The second-order valence-electron chi connectivity index (χ2n) is 12.2. The number of nitrogens with zero attached hydrogens (tertiary/aromatic N) is 3. The molecule has 0 radical (unpaired) electrons. The van der Waals surface area contributed by atoms with Crippen molar-refractivity contribution in [3.63, 3.8) is 0 Å². The summed E-state index contributed by atoms with van der Waals surface area (Å²) in [7, 11) is 0. The standard InChI is InChI=1S/C34H44N6O3S/c1-23(25-13-6-3-7-14-25)20-21-35-24(2)31(41)36-30(27-17-10-5-11-18-27)34(43)40-22-12-19-28(40)32(42)37-33-29(38-39-44-33)26-15-8-4-9-16-26/h3-4,6-9,13-16,23-24,27-28,30,35H,5,10-12,17-22H2,1-2H3,(H,36,41)(H,37,42)/t23?,24?,28-,30-/m0/s1. The number of carbonyl (C=O) groups is 3. The first-order valence-electron chi connectivity index (χ1n) is 16.0. The summed E-state index contributed by atoms with van der Waals surface area (Å²) >= 11 is 1.13. The Morgan fingerprint density at radius 2 is 1.64 bits per heavy atom. The van der Waals surface area contributed by atoms with Crippen LogP contribution >= 0.6 is 11.5 Å². The number of nitrogens with one attached hydrogen (secondary N) is 3. The largest absolute Gasteiger partial charge is 0.343 e. The van der Waals surface area contributed by atoms with Gasteiger partial charge in [0.1, 0.15) is 22.8 Å². The summed E-state index contributed by atoms with van der Waals surface area (Å²) in [5.41, 5.74) is 2.77. The lowest BCUT2D eigenvalue weighted by Gasteiger charge is -2.35. The predicted molar refractivity (Wildman–Crippen MR) is 174 cm³/mol. The fourth-order valence-corrected chi connectivity index (χ4v) is 7.01. The molecule has 234 valence electrons. The summed E-state index contributed by atoms with van der Waals surface area (Å²) in [5, 5.41) is 14.3. The normalized spacial score (nSPS) is 19.2. The van der Waals surface area contributed by atoms with Crippen LogP contribution in [0.4, 0.5) is 5.00 Å². The fourth-order valence-electron chi connectivity index (χ4n) is 6.42. The van der Waals surface area contributed by atoms with Gasteiger partial charge in [0, 0.05) is 23.6 Å². The Morgan fingerprint density at radius 1 is 0.932 bits per heavy atom. The van der Waals surface area contributed by atoms with Gasteiger partial charge in [-0.3, -0.25) is 14.4 Å². The van der Waals surface area contributed by atoms with Gasteiger partial charge < -0.3 is 20.9 Å². The molecule has 10 heteroatoms. The molecule has 1 aliphatic carbocycles. The summed E-state index contributed by atoms with van der Waals surface area (Å²) in [6.45, 7) is 5.23. The van der Waals surface area contributed by atoms with E-state index in [2.05, 4.69) is 44.6 Å². The Balaban J connectivity index is 1.22. The van der Waals surface area contributed by atoms with Gasteiger partial charge in [-0.1, -0.05) is 91.3 Å². The highest BCUT2D eigenvalue weighted by molar-refractivity contribution is 7.10. The van der Waals surface area contributed by atoms with E-state index < -0.39 is 18.1 Å². The molecule has 2 aromatic carbocycles. The molecule has 2 heterocycles. The molecule has 44 heavy (non-hydrogen) atoms. The molecule has 5 rings (SSSR count). The SMILES string of the molecule is CC(NCCC(C)c1ccccc1)C(=O)N[C@H](C(=O)N1CCC[C@H]1C(=O)Nc1snnc1-c1ccccc1)C1CCCCC1. The highest BCUT2D eigenvalue weighted by atomic mass is 32.1. The van der Waals surface area contributed by atoms with Gasteiger partial charge >= 0.3 is 0 Å². The molecular formula is C34H44N6O3S. The minimum absolute atomic E-state index is 0.0604. The monoisotopic (exact) mass is 616 g/mol. The topological polar surface area (TPSA) is 116 Å². The van der Waals surface area contributed by atoms with Gasteiger partial charge in [-0.2, -0.15) is 0 Å². The maximum Gasteiger partial charge on any atom is 0.247 e. The van der Waals surface area contributed by atoms with Gasteiger partial charge in [-0.15, -0.1) is 5.10 Å². The molecule has 1 saturated heterocycles. The Labute approximate surface area is 264 Å². The Hall–Kier alpha value is -3.63. The van der Waals surface area contributed by atoms with Crippen LogP contribution in [0.2, 0.25) is 0 Å². The van der Waals surface area contributed by atoms with E-state index in [9.17, 15) is 14.4 Å². The number of likely N-dealkylation sites (tertiary alicyclic amines) is 1. The van der Waals surface area contributed by atoms with E-state index in [1.165, 1.54) is 5.56 Å². The Morgan fingerprint density at radius 3 is 2.36 bits per heavy atom. The number of anilines is 1. The van der Waals surface area contributed by atoms with Crippen molar-refractivity contribution in [1.29, 1.82) is 0 Å². The highest BCUT2D eigenvalue weighted by Gasteiger charge is 2.41. The van der Waals surface area contributed by atoms with Crippen molar-refractivity contribution >= 4 is 34.3 Å². The third-order valence-electron chi connectivity index (χ3n) is 9.09. The highest BCUT2D eigenvalue weighted by Crippen LogP contribution is 2.32. The molecular weight excluding hydrogens is 572 g/mol. The minimum Gasteiger partial charge on any atom is -0.343 e. The first kappa shape index (κ1) is 31.8. The maximum absolute atomic E-state index is 14.2. The number of carbonyl (C=O) groups excluding carboxylic acids is 3. The number of amides is 3. The summed E-state index contributed by atoms with van der Waals surface area (Å²) in [6, 6.07) is 18.3. The number of aromatic nitrogens is 2. The van der Waals surface area contributed by atoms with E-state index in [4.69, 9.17) is 0 Å². The molecule has 3 amide bonds. The molecule has 1 aromatic heterocycles. The molecule has 3 aromatic rings. The van der Waals surface area contributed by atoms with Gasteiger partial charge in [0.05, 0.1) is 6.04 Å². The summed E-state index contributed by atoms with van der Waals surface area (Å²) < 4.78 is 4.06. The third-order valence-corrected chi connectivity index (χ3v) is 9.73. The average molecular weight is 617 g/mol. The molecule has 2 fully saturated rings. The smallest absolute Gasteiger partial charge is 0.247 e. The number of hydrogen-bond acceptors (Lipinski definition) is 7. The van der Waals surface area contributed by atoms with E-state index in [0.717, 1.165) is 62.0 Å². The molecule has 0 spiro atoms. The summed E-state index contributed by atoms with van der Waals surface area (Å²) in [5.74, 6) is -0.137. The molecule has 1 saturated carbocycles. The van der Waals surface area contributed by atoms with Crippen LogP contribution in [-0.2, 0) is 14.4 Å². The van der Waals surface area contributed by atoms with E-state index in [0.29, 0.717) is 36.1 Å². The zero-order valence-electron chi connectivity index (χ0n) is 25.7. The van der Waals surface area contributed by atoms with E-state index >= 15 is 0 Å². The van der Waals surface area contributed by atoms with Crippen LogP contribution in [0.5, 0.6) is 0 Å². The predicted octanol–water partition coefficient (Wildman–Crippen LogP) is 5.37. The van der Waals surface area contributed by atoms with E-state index in [-0.39, 0.29) is 23.6 Å². The van der Waals surface area contributed by atoms with E-state index in [1.807, 2.05) is 55.5 Å². The minimum atomic E-state index is -0.645. The molecule has 3 N–H and O–H groups in total. The van der Waals surface area contributed by atoms with Crippen LogP contribution < -0.4 is 16.0 Å². The molecule has 0 bridgehead atoms. The number of benzene rings is 2. The van der Waals surface area contributed by atoms with Crippen molar-refractivity contribution in [2.24, 2.45) is 5.92 Å². The number of rotatable bonds is 12. The van der Waals surface area contributed by atoms with Crippen molar-refractivity contribution in [2.45, 2.75) is 89.3 Å². The van der Waals surface area contributed by atoms with Crippen LogP contribution in [0.3, 0.4) is 0 Å². The molecule has 4 atom stereocenters. The summed E-state index contributed by atoms with van der Waals surface area (Å²) in [4.78, 5) is 42.8. The van der Waals surface area contributed by atoms with Crippen molar-refractivity contribution in [3.05, 3.63) is 66.2 Å². The molecule has 9 nitrogen and oxygen atoms in total. The zero-order chi connectivity index (χ0) is 30.9. The molecule has 2 unspecified atom stereocenters. The Kier molecular flexibility index (Phi) is 11.1. The van der Waals surface area contributed by atoms with Gasteiger partial charge in [-0.05, 0) is 63.0 Å². The first-order valence-corrected chi connectivity index (χ1v) is 16.8. The van der Waals surface area contributed by atoms with Crippen LogP contribution in [0.1, 0.15) is 76.7 Å². The van der Waals surface area contributed by atoms with E-state index in [1.54, 1.807) is 4.90 Å². The maximum atomic E-state index is 14.2. The van der Waals surface area contributed by atoms with Crippen LogP contribution in [-0.4, -0.2) is 63.4 Å². The van der Waals surface area contributed by atoms with Crippen molar-refractivity contribution in [2.75, 3.05) is 18.4 Å². The van der Waals surface area contributed by atoms with Gasteiger partial charge in [0.2, 0.25) is 17.7 Å². The lowest BCUT2D eigenvalue weighted by molar-refractivity contribution is -0.142. The summed E-state index contributed by atoms with van der Waals surface area (Å²) in [6.07, 6.45) is 7.23. The van der Waals surface area contributed by atoms with Crippen molar-refractivity contribution < 1.29 is 14.4 Å². The van der Waals surface area contributed by atoms with Gasteiger partial charge in [0.25, 0.3) is 0 Å². The van der Waals surface area contributed by atoms with Gasteiger partial charge in [-0.25, -0.2) is 0 Å². The van der Waals surface area contributed by atoms with Crippen LogP contribution in [0.15, 0.2) is 60.7 Å². The first-order chi connectivity index (χ1) is 21.4. The molecule has 2 aliphatic rings. The lowest BCUT2D eigenvalue weighted by atomic mass is 9.83. The third kappa shape index (κ3) is 7.90. The quantitative estimate of drug-likeness (QED) is 0.252. The molecule has 1 aliphatic heterocycles. The second-order valence-corrected chi connectivity index (χ2v) is 12.9. The Bertz CT molecular complexity index is 1380. The fraction of sp³-hybridized carbons (Fsp3) is 0.500. The van der Waals surface area contributed by atoms with Crippen molar-refractivity contribution in [3.8, 4) is 11.3 Å². The average Bonchev–Trinajstić information content (AvgIpc) is 3.75. The lowest BCUT2D eigenvalue weighted by Crippen LogP contribution is -2.57. The second kappa shape index (κ2) is 15.4. The zero-order valence-corrected chi connectivity index (χ0v) is 26.5. The number of hydrogen-bond donors (Lipinski definition) is 3.